The van der Waals surface area contributed by atoms with Crippen LogP contribution < -0.4 is 4.74 Å². The second-order valence-corrected chi connectivity index (χ2v) is 7.56. The average Bonchev–Trinajstić information content (AvgIpc) is 3.44. The topological polar surface area (TPSA) is 69.6 Å². The standard InChI is InChI=1S/C26H21N3O3/c1-18(30)32-26-23(15-20-12-13-31-17-20)28-25-22(14-19-8-4-2-5-9-19)27-24(16-29(25)26)21-10-6-3-7-11-21/h2-13,16-17H,14-15H2,1H3. The number of ether oxygens (including phenoxy) is 1. The molecular weight excluding hydrogens is 402 g/mol. The second kappa shape index (κ2) is 8.51. The van der Waals surface area contributed by atoms with Gasteiger partial charge in [0, 0.05) is 31.5 Å². The Morgan fingerprint density at radius 1 is 0.906 bits per heavy atom. The first-order valence-electron chi connectivity index (χ1n) is 10.4. The van der Waals surface area contributed by atoms with Crippen LogP contribution in [0.25, 0.3) is 16.9 Å². The molecule has 0 aliphatic carbocycles. The van der Waals surface area contributed by atoms with Crippen LogP contribution in [0, 0.1) is 0 Å². The molecule has 0 saturated heterocycles. The first kappa shape index (κ1) is 19.8. The van der Waals surface area contributed by atoms with Gasteiger partial charge in [0.15, 0.2) is 5.65 Å². The number of aromatic nitrogens is 3. The summed E-state index contributed by atoms with van der Waals surface area (Å²) in [4.78, 5) is 21.8. The predicted octanol–water partition coefficient (Wildman–Crippen LogP) is 5.10. The molecule has 0 saturated carbocycles. The van der Waals surface area contributed by atoms with Crippen molar-refractivity contribution in [2.24, 2.45) is 0 Å². The van der Waals surface area contributed by atoms with Gasteiger partial charge >= 0.3 is 5.97 Å². The van der Waals surface area contributed by atoms with Crippen LogP contribution in [-0.2, 0) is 17.6 Å². The van der Waals surface area contributed by atoms with Gasteiger partial charge in [-0.05, 0) is 17.2 Å². The molecule has 5 rings (SSSR count). The van der Waals surface area contributed by atoms with Gasteiger partial charge in [-0.25, -0.2) is 9.97 Å². The Morgan fingerprint density at radius 2 is 1.62 bits per heavy atom. The van der Waals surface area contributed by atoms with Crippen LogP contribution in [0.3, 0.4) is 0 Å². The van der Waals surface area contributed by atoms with E-state index in [1.165, 1.54) is 6.92 Å². The lowest BCUT2D eigenvalue weighted by Gasteiger charge is -2.10. The third kappa shape index (κ3) is 4.03. The molecule has 0 bridgehead atoms. The Morgan fingerprint density at radius 3 is 2.31 bits per heavy atom. The normalized spacial score (nSPS) is 11.0. The van der Waals surface area contributed by atoms with E-state index < -0.39 is 5.97 Å². The van der Waals surface area contributed by atoms with Gasteiger partial charge in [-0.3, -0.25) is 9.20 Å². The molecule has 0 fully saturated rings. The number of nitrogens with zero attached hydrogens (tertiary/aromatic N) is 3. The van der Waals surface area contributed by atoms with Crippen LogP contribution in [0.4, 0.5) is 0 Å². The Kier molecular flexibility index (Phi) is 5.25. The minimum Gasteiger partial charge on any atom is -0.472 e. The molecule has 2 aromatic carbocycles. The Bertz CT molecular complexity index is 1360. The number of hydrogen-bond donors (Lipinski definition) is 0. The van der Waals surface area contributed by atoms with Crippen molar-refractivity contribution in [3.8, 4) is 17.1 Å². The molecule has 0 radical (unpaired) electrons. The van der Waals surface area contributed by atoms with Gasteiger partial charge < -0.3 is 9.15 Å². The van der Waals surface area contributed by atoms with Crippen LogP contribution in [-0.4, -0.2) is 20.3 Å². The summed E-state index contributed by atoms with van der Waals surface area (Å²) < 4.78 is 12.7. The molecule has 0 atom stereocenters. The van der Waals surface area contributed by atoms with E-state index in [-0.39, 0.29) is 0 Å². The average molecular weight is 423 g/mol. The molecule has 0 amide bonds. The molecule has 0 unspecified atom stereocenters. The summed E-state index contributed by atoms with van der Waals surface area (Å²) in [6.07, 6.45) is 6.24. The molecule has 5 aromatic rings. The van der Waals surface area contributed by atoms with Crippen molar-refractivity contribution in [3.05, 3.63) is 108 Å². The van der Waals surface area contributed by atoms with Crippen molar-refractivity contribution in [1.82, 2.24) is 14.4 Å². The summed E-state index contributed by atoms with van der Waals surface area (Å²) >= 11 is 0. The number of rotatable bonds is 6. The van der Waals surface area contributed by atoms with Gasteiger partial charge in [0.2, 0.25) is 5.88 Å². The molecule has 158 valence electrons. The first-order chi connectivity index (χ1) is 15.7. The van der Waals surface area contributed by atoms with Crippen LogP contribution >= 0.6 is 0 Å². The highest BCUT2D eigenvalue weighted by molar-refractivity contribution is 5.70. The predicted molar refractivity (Wildman–Crippen MR) is 120 cm³/mol. The highest BCUT2D eigenvalue weighted by Crippen LogP contribution is 2.29. The summed E-state index contributed by atoms with van der Waals surface area (Å²) in [5.41, 5.74) is 5.96. The van der Waals surface area contributed by atoms with Gasteiger partial charge in [-0.2, -0.15) is 0 Å². The third-order valence-corrected chi connectivity index (χ3v) is 5.18. The fourth-order valence-corrected chi connectivity index (χ4v) is 3.74. The van der Waals surface area contributed by atoms with Crippen LogP contribution in [0.2, 0.25) is 0 Å². The number of fused-ring (bicyclic) bond motifs is 1. The zero-order chi connectivity index (χ0) is 21.9. The molecule has 0 aliphatic heterocycles. The smallest absolute Gasteiger partial charge is 0.309 e. The van der Waals surface area contributed by atoms with Crippen molar-refractivity contribution in [1.29, 1.82) is 0 Å². The van der Waals surface area contributed by atoms with Gasteiger partial charge in [-0.1, -0.05) is 60.7 Å². The number of imidazole rings is 1. The molecule has 32 heavy (non-hydrogen) atoms. The van der Waals surface area contributed by atoms with Crippen LogP contribution in [0.15, 0.2) is 89.9 Å². The minimum atomic E-state index is -0.400. The Hall–Kier alpha value is -4.19. The fraction of sp³-hybridized carbons (Fsp3) is 0.115. The van der Waals surface area contributed by atoms with E-state index >= 15 is 0 Å². The van der Waals surface area contributed by atoms with Crippen molar-refractivity contribution in [2.45, 2.75) is 19.8 Å². The number of hydrogen-bond acceptors (Lipinski definition) is 5. The number of furan rings is 1. The van der Waals surface area contributed by atoms with Crippen LogP contribution in [0.5, 0.6) is 5.88 Å². The summed E-state index contributed by atoms with van der Waals surface area (Å²) in [5, 5.41) is 0. The highest BCUT2D eigenvalue weighted by Gasteiger charge is 2.21. The molecular formula is C26H21N3O3. The Balaban J connectivity index is 1.72. The van der Waals surface area contributed by atoms with Gasteiger partial charge in [0.1, 0.15) is 5.69 Å². The molecule has 3 heterocycles. The van der Waals surface area contributed by atoms with Gasteiger partial charge in [0.25, 0.3) is 0 Å². The summed E-state index contributed by atoms with van der Waals surface area (Å²) in [6, 6.07) is 22.0. The number of carbonyl (C=O) groups excluding carboxylic acids is 1. The quantitative estimate of drug-likeness (QED) is 0.356. The fourth-order valence-electron chi connectivity index (χ4n) is 3.74. The molecule has 6 heteroatoms. The maximum absolute atomic E-state index is 11.9. The zero-order valence-corrected chi connectivity index (χ0v) is 17.6. The van der Waals surface area contributed by atoms with E-state index in [1.807, 2.05) is 65.2 Å². The van der Waals surface area contributed by atoms with E-state index in [0.717, 1.165) is 28.1 Å². The van der Waals surface area contributed by atoms with E-state index in [0.29, 0.717) is 30.1 Å². The van der Waals surface area contributed by atoms with Crippen molar-refractivity contribution < 1.29 is 13.9 Å². The number of benzene rings is 2. The lowest BCUT2D eigenvalue weighted by Crippen LogP contribution is -2.07. The highest BCUT2D eigenvalue weighted by atomic mass is 16.5. The largest absolute Gasteiger partial charge is 0.472 e. The maximum atomic E-state index is 11.9. The maximum Gasteiger partial charge on any atom is 0.309 e. The minimum absolute atomic E-state index is 0.400. The van der Waals surface area contributed by atoms with Crippen molar-refractivity contribution in [3.63, 3.8) is 0 Å². The van der Waals surface area contributed by atoms with Gasteiger partial charge in [0.05, 0.1) is 23.9 Å². The summed E-state index contributed by atoms with van der Waals surface area (Å²) in [5.74, 6) is 0.00511. The lowest BCUT2D eigenvalue weighted by molar-refractivity contribution is -0.132. The molecule has 6 nitrogen and oxygen atoms in total. The van der Waals surface area contributed by atoms with E-state index in [1.54, 1.807) is 12.5 Å². The molecule has 3 aromatic heterocycles. The first-order valence-corrected chi connectivity index (χ1v) is 10.4. The van der Waals surface area contributed by atoms with E-state index in [4.69, 9.17) is 19.1 Å². The molecule has 0 aliphatic rings. The monoisotopic (exact) mass is 423 g/mol. The number of esters is 1. The van der Waals surface area contributed by atoms with Crippen LogP contribution in [0.1, 0.15) is 29.4 Å². The summed E-state index contributed by atoms with van der Waals surface area (Å²) in [7, 11) is 0. The Labute approximate surface area is 185 Å². The molecule has 0 N–H and O–H groups in total. The van der Waals surface area contributed by atoms with Crippen molar-refractivity contribution in [2.75, 3.05) is 0 Å². The van der Waals surface area contributed by atoms with E-state index in [9.17, 15) is 4.79 Å². The second-order valence-electron chi connectivity index (χ2n) is 7.56. The third-order valence-electron chi connectivity index (χ3n) is 5.18. The number of carbonyl (C=O) groups is 1. The SMILES string of the molecule is CC(=O)Oc1c(Cc2ccoc2)nc2c(Cc3ccccc3)nc(-c3ccccc3)cn12. The molecule has 0 spiro atoms. The van der Waals surface area contributed by atoms with Crippen molar-refractivity contribution >= 4 is 11.6 Å². The summed E-state index contributed by atoms with van der Waals surface area (Å²) in [6.45, 7) is 1.39. The van der Waals surface area contributed by atoms with Gasteiger partial charge in [-0.15, -0.1) is 0 Å². The van der Waals surface area contributed by atoms with E-state index in [2.05, 4.69) is 12.1 Å². The zero-order valence-electron chi connectivity index (χ0n) is 17.6. The lowest BCUT2D eigenvalue weighted by atomic mass is 10.1.